The number of para-hydroxylation sites is 2. The number of fused-ring (bicyclic) bond motifs is 6. The summed E-state index contributed by atoms with van der Waals surface area (Å²) in [4.78, 5) is 4.64. The number of hydrogen-bond acceptors (Lipinski definition) is 3. The molecule has 0 saturated carbocycles. The van der Waals surface area contributed by atoms with Crippen LogP contribution in [-0.2, 0) is 5.41 Å². The molecule has 0 spiro atoms. The van der Waals surface area contributed by atoms with Crippen molar-refractivity contribution in [3.05, 3.63) is 199 Å². The molecule has 1 aliphatic rings. The maximum atomic E-state index is 6.81. The maximum absolute atomic E-state index is 6.81. The molecule has 0 fully saturated rings. The maximum Gasteiger partial charge on any atom is 0.160 e. The van der Waals surface area contributed by atoms with Gasteiger partial charge in [0, 0.05) is 51.5 Å². The molecule has 0 unspecified atom stereocenters. The molecule has 0 radical (unpaired) electrons. The van der Waals surface area contributed by atoms with Gasteiger partial charge in [0.2, 0.25) is 0 Å². The second kappa shape index (κ2) is 12.9. The average Bonchev–Trinajstić information content (AvgIpc) is 3.74. The summed E-state index contributed by atoms with van der Waals surface area (Å²) in [5.41, 5.74) is 17.1. The standard InChI is InChI=1S/C52H40N2O/c1-52(2)47-20-12-10-18-43(47)44-31-30-41(34-48(44)52)53(3)38-26-24-37(25-27-38)42-32-33-46-45-19-11-13-21-49(45)55-51(46)50(42)54(39-16-8-5-9-17-39)40-28-22-36(23-29-40)35-14-6-4-7-15-35/h4-34H,1-3H3. The van der Waals surface area contributed by atoms with E-state index in [4.69, 9.17) is 4.42 Å². The highest BCUT2D eigenvalue weighted by Gasteiger charge is 2.35. The van der Waals surface area contributed by atoms with Crippen LogP contribution in [0.1, 0.15) is 25.0 Å². The molecule has 1 heterocycles. The lowest BCUT2D eigenvalue weighted by Crippen LogP contribution is -2.16. The Morgan fingerprint density at radius 3 is 1.76 bits per heavy atom. The first-order valence-corrected chi connectivity index (χ1v) is 19.0. The smallest absolute Gasteiger partial charge is 0.160 e. The predicted octanol–water partition coefficient (Wildman–Crippen LogP) is 14.5. The number of anilines is 5. The molecule has 0 bridgehead atoms. The fraction of sp³-hybridized carbons (Fsp3) is 0.0769. The van der Waals surface area contributed by atoms with E-state index < -0.39 is 0 Å². The zero-order valence-corrected chi connectivity index (χ0v) is 31.2. The lowest BCUT2D eigenvalue weighted by molar-refractivity contribution is 0.660. The minimum Gasteiger partial charge on any atom is -0.454 e. The fourth-order valence-electron chi connectivity index (χ4n) is 8.56. The first kappa shape index (κ1) is 32.8. The van der Waals surface area contributed by atoms with Gasteiger partial charge in [0.05, 0.1) is 5.69 Å². The van der Waals surface area contributed by atoms with E-state index in [0.29, 0.717) is 0 Å². The Hall–Kier alpha value is -6.84. The van der Waals surface area contributed by atoms with Crippen LogP contribution >= 0.6 is 0 Å². The van der Waals surface area contributed by atoms with E-state index in [0.717, 1.165) is 55.8 Å². The van der Waals surface area contributed by atoms with Crippen LogP contribution in [0.25, 0.3) is 55.3 Å². The van der Waals surface area contributed by atoms with Crippen molar-refractivity contribution in [3.63, 3.8) is 0 Å². The summed E-state index contributed by atoms with van der Waals surface area (Å²) in [6.45, 7) is 4.67. The molecule has 3 heteroatoms. The molecule has 0 saturated heterocycles. The third kappa shape index (κ3) is 5.42. The van der Waals surface area contributed by atoms with Crippen LogP contribution in [-0.4, -0.2) is 7.05 Å². The van der Waals surface area contributed by atoms with Crippen molar-refractivity contribution in [2.24, 2.45) is 0 Å². The van der Waals surface area contributed by atoms with Gasteiger partial charge < -0.3 is 14.2 Å². The summed E-state index contributed by atoms with van der Waals surface area (Å²) in [5, 5.41) is 2.20. The van der Waals surface area contributed by atoms with Crippen LogP contribution in [0.5, 0.6) is 0 Å². The van der Waals surface area contributed by atoms with Crippen molar-refractivity contribution in [2.45, 2.75) is 19.3 Å². The molecule has 8 aromatic carbocycles. The van der Waals surface area contributed by atoms with Crippen LogP contribution in [0, 0.1) is 0 Å². The fourth-order valence-corrected chi connectivity index (χ4v) is 8.56. The normalized spacial score (nSPS) is 12.8. The van der Waals surface area contributed by atoms with Gasteiger partial charge in [-0.05, 0) is 99.6 Å². The first-order chi connectivity index (χ1) is 27.0. The van der Waals surface area contributed by atoms with Crippen molar-refractivity contribution in [3.8, 4) is 33.4 Å². The molecular formula is C52H40N2O. The molecule has 264 valence electrons. The third-order valence-electron chi connectivity index (χ3n) is 11.5. The summed E-state index contributed by atoms with van der Waals surface area (Å²) < 4.78 is 6.81. The molecule has 1 aliphatic carbocycles. The van der Waals surface area contributed by atoms with Crippen molar-refractivity contribution in [1.82, 2.24) is 0 Å². The Morgan fingerprint density at radius 2 is 0.982 bits per heavy atom. The van der Waals surface area contributed by atoms with E-state index in [-0.39, 0.29) is 5.41 Å². The number of nitrogens with zero attached hydrogens (tertiary/aromatic N) is 2. The Balaban J connectivity index is 1.09. The van der Waals surface area contributed by atoms with Crippen LogP contribution in [0.3, 0.4) is 0 Å². The van der Waals surface area contributed by atoms with E-state index in [2.05, 4.69) is 213 Å². The largest absolute Gasteiger partial charge is 0.454 e. The minimum atomic E-state index is -0.0508. The van der Waals surface area contributed by atoms with E-state index in [1.165, 1.54) is 39.1 Å². The van der Waals surface area contributed by atoms with Crippen LogP contribution in [0.4, 0.5) is 28.4 Å². The van der Waals surface area contributed by atoms with Gasteiger partial charge in [-0.25, -0.2) is 0 Å². The summed E-state index contributed by atoms with van der Waals surface area (Å²) >= 11 is 0. The minimum absolute atomic E-state index is 0.0508. The van der Waals surface area contributed by atoms with Crippen molar-refractivity contribution in [1.29, 1.82) is 0 Å². The van der Waals surface area contributed by atoms with Crippen molar-refractivity contribution >= 4 is 50.4 Å². The molecule has 0 atom stereocenters. The van der Waals surface area contributed by atoms with Gasteiger partial charge in [-0.3, -0.25) is 0 Å². The van der Waals surface area contributed by atoms with Crippen molar-refractivity contribution in [2.75, 3.05) is 16.8 Å². The highest BCUT2D eigenvalue weighted by molar-refractivity contribution is 6.13. The zero-order valence-electron chi connectivity index (χ0n) is 31.2. The topological polar surface area (TPSA) is 19.6 Å². The summed E-state index contributed by atoms with van der Waals surface area (Å²) in [6, 6.07) is 67.5. The monoisotopic (exact) mass is 708 g/mol. The Kier molecular flexibility index (Phi) is 7.71. The molecule has 0 N–H and O–H groups in total. The van der Waals surface area contributed by atoms with E-state index in [9.17, 15) is 0 Å². The summed E-state index contributed by atoms with van der Waals surface area (Å²) in [7, 11) is 2.16. The van der Waals surface area contributed by atoms with Crippen LogP contribution in [0.2, 0.25) is 0 Å². The Labute approximate surface area is 322 Å². The highest BCUT2D eigenvalue weighted by atomic mass is 16.3. The highest BCUT2D eigenvalue weighted by Crippen LogP contribution is 2.51. The number of benzene rings is 8. The third-order valence-corrected chi connectivity index (χ3v) is 11.5. The van der Waals surface area contributed by atoms with Gasteiger partial charge in [-0.1, -0.05) is 141 Å². The average molecular weight is 709 g/mol. The number of rotatable bonds is 7. The molecule has 55 heavy (non-hydrogen) atoms. The number of furan rings is 1. The summed E-state index contributed by atoms with van der Waals surface area (Å²) in [5.74, 6) is 0. The molecule has 0 aliphatic heterocycles. The predicted molar refractivity (Wildman–Crippen MR) is 231 cm³/mol. The second-order valence-corrected chi connectivity index (χ2v) is 15.0. The van der Waals surface area contributed by atoms with E-state index >= 15 is 0 Å². The molecule has 3 nitrogen and oxygen atoms in total. The molecule has 0 amide bonds. The SMILES string of the molecule is CN(c1ccc(-c2ccc3c(oc4ccccc43)c2N(c2ccccc2)c2ccc(-c3ccccc3)cc2)cc1)c1ccc2c(c1)C(C)(C)c1ccccc1-2. The molecular weight excluding hydrogens is 669 g/mol. The number of hydrogen-bond donors (Lipinski definition) is 0. The van der Waals surface area contributed by atoms with Gasteiger partial charge >= 0.3 is 0 Å². The van der Waals surface area contributed by atoms with E-state index in [1.54, 1.807) is 0 Å². The lowest BCUT2D eigenvalue weighted by atomic mass is 9.82. The van der Waals surface area contributed by atoms with Gasteiger partial charge in [0.25, 0.3) is 0 Å². The van der Waals surface area contributed by atoms with Gasteiger partial charge in [-0.15, -0.1) is 0 Å². The van der Waals surface area contributed by atoms with Gasteiger partial charge in [0.1, 0.15) is 5.58 Å². The Morgan fingerprint density at radius 1 is 0.418 bits per heavy atom. The second-order valence-electron chi connectivity index (χ2n) is 15.0. The molecule has 1 aromatic heterocycles. The first-order valence-electron chi connectivity index (χ1n) is 19.0. The van der Waals surface area contributed by atoms with Crippen LogP contribution < -0.4 is 9.80 Å². The molecule has 9 aromatic rings. The zero-order chi connectivity index (χ0) is 37.1. The van der Waals surface area contributed by atoms with Crippen LogP contribution in [0.15, 0.2) is 192 Å². The van der Waals surface area contributed by atoms with Gasteiger partial charge in [-0.2, -0.15) is 0 Å². The molecule has 10 rings (SSSR count). The summed E-state index contributed by atoms with van der Waals surface area (Å²) in [6.07, 6.45) is 0. The Bertz CT molecular complexity index is 2830. The lowest BCUT2D eigenvalue weighted by Gasteiger charge is -2.28. The van der Waals surface area contributed by atoms with Gasteiger partial charge in [0.15, 0.2) is 5.58 Å². The van der Waals surface area contributed by atoms with Crippen molar-refractivity contribution < 1.29 is 4.42 Å². The quantitative estimate of drug-likeness (QED) is 0.164. The van der Waals surface area contributed by atoms with E-state index in [1.807, 2.05) is 6.07 Å².